The molecule has 0 saturated heterocycles. The average molecular weight is 480 g/mol. The standard InChI is InChI=1S/C24H50NO6P/c1-6-7-8-9-10-11-12-13-14-15-16-17-18-24(21-29-23(2)26)22-31-32(27,28)30-20-19-25(3,4)5/h24H,6-22H2,1-5H3. The molecule has 0 aromatic carbocycles. The van der Waals surface area contributed by atoms with Gasteiger partial charge in [-0.05, 0) is 6.42 Å². The third kappa shape index (κ3) is 22.7. The number of nitrogens with zero attached hydrogens (tertiary/aromatic N) is 1. The highest BCUT2D eigenvalue weighted by Crippen LogP contribution is 2.39. The molecule has 7 nitrogen and oxygen atoms in total. The second kappa shape index (κ2) is 18.9. The molecule has 0 fully saturated rings. The van der Waals surface area contributed by atoms with Crippen molar-refractivity contribution >= 4 is 13.8 Å². The van der Waals surface area contributed by atoms with E-state index in [0.29, 0.717) is 11.0 Å². The van der Waals surface area contributed by atoms with Crippen LogP contribution in [0.1, 0.15) is 97.3 Å². The summed E-state index contributed by atoms with van der Waals surface area (Å²) < 4.78 is 27.7. The van der Waals surface area contributed by atoms with Gasteiger partial charge in [0.15, 0.2) is 0 Å². The molecule has 192 valence electrons. The van der Waals surface area contributed by atoms with Crippen molar-refractivity contribution in [3.8, 4) is 0 Å². The van der Waals surface area contributed by atoms with Gasteiger partial charge in [0.05, 0.1) is 34.4 Å². The van der Waals surface area contributed by atoms with Crippen molar-refractivity contribution in [2.75, 3.05) is 47.5 Å². The van der Waals surface area contributed by atoms with E-state index >= 15 is 0 Å². The summed E-state index contributed by atoms with van der Waals surface area (Å²) in [6.07, 6.45) is 16.0. The molecule has 0 heterocycles. The summed E-state index contributed by atoms with van der Waals surface area (Å²) in [5.41, 5.74) is 0. The quantitative estimate of drug-likeness (QED) is 0.0886. The van der Waals surface area contributed by atoms with Crippen LogP contribution in [0.4, 0.5) is 0 Å². The summed E-state index contributed by atoms with van der Waals surface area (Å²) in [5.74, 6) is -0.513. The Balaban J connectivity index is 4.01. The van der Waals surface area contributed by atoms with E-state index in [1.807, 2.05) is 21.1 Å². The lowest BCUT2D eigenvalue weighted by Gasteiger charge is -2.28. The molecule has 0 aliphatic carbocycles. The fourth-order valence-electron chi connectivity index (χ4n) is 3.38. The Labute approximate surface area is 197 Å². The number of esters is 1. The van der Waals surface area contributed by atoms with Crippen molar-refractivity contribution < 1.29 is 32.5 Å². The number of likely N-dealkylation sites (N-methyl/N-ethyl adjacent to an activating group) is 1. The fourth-order valence-corrected chi connectivity index (χ4v) is 4.16. The van der Waals surface area contributed by atoms with Crippen molar-refractivity contribution in [3.63, 3.8) is 0 Å². The summed E-state index contributed by atoms with van der Waals surface area (Å²) in [6.45, 7) is 4.40. The van der Waals surface area contributed by atoms with Gasteiger partial charge in [-0.3, -0.25) is 9.36 Å². The molecule has 0 aliphatic heterocycles. The van der Waals surface area contributed by atoms with Crippen LogP contribution < -0.4 is 4.89 Å². The van der Waals surface area contributed by atoms with E-state index < -0.39 is 7.82 Å². The minimum Gasteiger partial charge on any atom is -0.756 e. The molecule has 0 bridgehead atoms. The van der Waals surface area contributed by atoms with Gasteiger partial charge in [0.1, 0.15) is 13.2 Å². The monoisotopic (exact) mass is 479 g/mol. The van der Waals surface area contributed by atoms with E-state index in [9.17, 15) is 14.3 Å². The number of phosphoric ester groups is 1. The molecule has 2 atom stereocenters. The van der Waals surface area contributed by atoms with Crippen LogP contribution in [-0.2, 0) is 23.1 Å². The first-order chi connectivity index (χ1) is 15.1. The molecule has 0 spiro atoms. The molecular formula is C24H50NO6P. The van der Waals surface area contributed by atoms with Crippen LogP contribution in [0.5, 0.6) is 0 Å². The van der Waals surface area contributed by atoms with Crippen LogP contribution in [0.2, 0.25) is 0 Å². The summed E-state index contributed by atoms with van der Waals surface area (Å²) in [7, 11) is 1.54. The second-order valence-corrected chi connectivity index (χ2v) is 11.3. The zero-order valence-electron chi connectivity index (χ0n) is 21.4. The predicted octanol–water partition coefficient (Wildman–Crippen LogP) is 5.46. The Morgan fingerprint density at radius 3 is 1.81 bits per heavy atom. The molecule has 32 heavy (non-hydrogen) atoms. The zero-order valence-corrected chi connectivity index (χ0v) is 22.3. The number of hydrogen-bond donors (Lipinski definition) is 0. The number of carbonyl (C=O) groups is 1. The Kier molecular flexibility index (Phi) is 18.6. The highest BCUT2D eigenvalue weighted by molar-refractivity contribution is 7.45. The third-order valence-corrected chi connectivity index (χ3v) is 6.43. The lowest BCUT2D eigenvalue weighted by atomic mass is 10.0. The van der Waals surface area contributed by atoms with Crippen molar-refractivity contribution in [2.24, 2.45) is 5.92 Å². The van der Waals surface area contributed by atoms with Gasteiger partial charge in [0.25, 0.3) is 7.82 Å². The molecule has 0 radical (unpaired) electrons. The van der Waals surface area contributed by atoms with Gasteiger partial charge in [-0.1, -0.05) is 84.0 Å². The van der Waals surface area contributed by atoms with E-state index in [-0.39, 0.29) is 31.7 Å². The molecule has 0 rings (SSSR count). The summed E-state index contributed by atoms with van der Waals surface area (Å²) in [5, 5.41) is 0. The first kappa shape index (κ1) is 31.5. The van der Waals surface area contributed by atoms with Gasteiger partial charge in [0.2, 0.25) is 0 Å². The van der Waals surface area contributed by atoms with E-state index in [0.717, 1.165) is 19.3 Å². The molecule has 0 aromatic rings. The summed E-state index contributed by atoms with van der Waals surface area (Å²) in [6, 6.07) is 0. The number of unbranched alkanes of at least 4 members (excludes halogenated alkanes) is 11. The number of quaternary nitrogens is 1. The van der Waals surface area contributed by atoms with E-state index in [4.69, 9.17) is 13.8 Å². The van der Waals surface area contributed by atoms with Gasteiger partial charge < -0.3 is 23.2 Å². The van der Waals surface area contributed by atoms with E-state index in [1.54, 1.807) is 0 Å². The number of ether oxygens (including phenoxy) is 1. The zero-order chi connectivity index (χ0) is 24.3. The first-order valence-corrected chi connectivity index (χ1v) is 14.1. The molecule has 2 unspecified atom stereocenters. The number of hydrogen-bond acceptors (Lipinski definition) is 6. The highest BCUT2D eigenvalue weighted by Gasteiger charge is 2.18. The van der Waals surface area contributed by atoms with Gasteiger partial charge in [-0.15, -0.1) is 0 Å². The van der Waals surface area contributed by atoms with Crippen LogP contribution in [0, 0.1) is 5.92 Å². The Morgan fingerprint density at radius 1 is 0.844 bits per heavy atom. The normalized spacial score (nSPS) is 14.8. The third-order valence-electron chi connectivity index (χ3n) is 5.47. The molecule has 0 aliphatic rings. The van der Waals surface area contributed by atoms with Crippen LogP contribution in [0.3, 0.4) is 0 Å². The molecule has 0 amide bonds. The van der Waals surface area contributed by atoms with E-state index in [1.165, 1.54) is 71.1 Å². The average Bonchev–Trinajstić information content (AvgIpc) is 2.68. The van der Waals surface area contributed by atoms with Gasteiger partial charge in [-0.2, -0.15) is 0 Å². The number of rotatable bonds is 22. The molecule has 0 saturated carbocycles. The SMILES string of the molecule is CCCCCCCCCCCCCCC(COC(C)=O)COP(=O)([O-])OCC[N+](C)(C)C. The van der Waals surface area contributed by atoms with Gasteiger partial charge in [-0.25, -0.2) is 0 Å². The van der Waals surface area contributed by atoms with Crippen LogP contribution in [0.25, 0.3) is 0 Å². The van der Waals surface area contributed by atoms with Crippen LogP contribution in [-0.4, -0.2) is 58.0 Å². The first-order valence-electron chi connectivity index (χ1n) is 12.6. The topological polar surface area (TPSA) is 84.9 Å². The predicted molar refractivity (Wildman–Crippen MR) is 128 cm³/mol. The minimum atomic E-state index is -4.35. The molecule has 0 aromatic heterocycles. The smallest absolute Gasteiger partial charge is 0.302 e. The fraction of sp³-hybridized carbons (Fsp3) is 0.958. The van der Waals surface area contributed by atoms with E-state index in [2.05, 4.69) is 6.92 Å². The molecule has 0 N–H and O–H groups in total. The number of phosphoric acid groups is 1. The molecular weight excluding hydrogens is 429 g/mol. The second-order valence-electron chi connectivity index (χ2n) is 9.94. The largest absolute Gasteiger partial charge is 0.756 e. The Bertz CT molecular complexity index is 509. The van der Waals surface area contributed by atoms with Crippen molar-refractivity contribution in [3.05, 3.63) is 0 Å². The van der Waals surface area contributed by atoms with Gasteiger partial charge in [0, 0.05) is 12.8 Å². The maximum absolute atomic E-state index is 12.0. The van der Waals surface area contributed by atoms with Crippen molar-refractivity contribution in [2.45, 2.75) is 97.3 Å². The lowest BCUT2D eigenvalue weighted by Crippen LogP contribution is -2.37. The maximum Gasteiger partial charge on any atom is 0.302 e. The van der Waals surface area contributed by atoms with Gasteiger partial charge >= 0.3 is 5.97 Å². The number of carbonyl (C=O) groups excluding carboxylic acids is 1. The minimum absolute atomic E-state index is 0.0174. The van der Waals surface area contributed by atoms with Crippen molar-refractivity contribution in [1.29, 1.82) is 0 Å². The summed E-state index contributed by atoms with van der Waals surface area (Å²) >= 11 is 0. The van der Waals surface area contributed by atoms with Crippen molar-refractivity contribution in [1.82, 2.24) is 0 Å². The Morgan fingerprint density at radius 2 is 1.34 bits per heavy atom. The van der Waals surface area contributed by atoms with Crippen LogP contribution >= 0.6 is 7.82 Å². The van der Waals surface area contributed by atoms with Crippen LogP contribution in [0.15, 0.2) is 0 Å². The summed E-state index contributed by atoms with van der Waals surface area (Å²) in [4.78, 5) is 23.2. The lowest BCUT2D eigenvalue weighted by molar-refractivity contribution is -0.870. The Hall–Kier alpha value is -0.460. The molecule has 8 heteroatoms. The maximum atomic E-state index is 12.0. The highest BCUT2D eigenvalue weighted by atomic mass is 31.2.